The highest BCUT2D eigenvalue weighted by atomic mass is 13.7. The van der Waals surface area contributed by atoms with Crippen molar-refractivity contribution in [3.63, 3.8) is 0 Å². The van der Waals surface area contributed by atoms with Crippen LogP contribution >= 0.6 is 0 Å². The Morgan fingerprint density at radius 3 is 1.00 bits per heavy atom. The van der Waals surface area contributed by atoms with Crippen LogP contribution in [0.5, 0.6) is 0 Å². The highest BCUT2D eigenvalue weighted by Gasteiger charge is 1.81. The third kappa shape index (κ3) is 83.8. The van der Waals surface area contributed by atoms with Gasteiger partial charge in [-0.2, -0.15) is 0 Å². The minimum Gasteiger partial charge on any atom is 0.0790 e. The van der Waals surface area contributed by atoms with E-state index in [2.05, 4.69) is 20.8 Å². The van der Waals surface area contributed by atoms with Gasteiger partial charge in [-0.15, -0.1) is 0 Å². The topological polar surface area (TPSA) is 0 Å². The largest absolute Gasteiger partial charge is 0.0813 e. The number of rotatable bonds is 0. The number of hydrogen-bond acceptors (Lipinski definition) is 0. The normalized spacial score (nSPS) is 6.75. The van der Waals surface area contributed by atoms with Crippen LogP contribution in [0.25, 0.3) is 0 Å². The molecule has 0 N–H and O–H groups in total. The maximum Gasteiger partial charge on any atom is 0.0813 e. The van der Waals surface area contributed by atoms with Crippen molar-refractivity contribution in [2.75, 3.05) is 0 Å². The molecule has 24 valence electrons. The Morgan fingerprint density at radius 2 is 1.00 bits per heavy atom. The zero-order valence-electron chi connectivity index (χ0n) is 3.50. The summed E-state index contributed by atoms with van der Waals surface area (Å²) in [6, 6.07) is 0. The first-order valence-electron chi connectivity index (χ1n) is 1.50. The SMILES string of the molecule is C[C+](C)C. The van der Waals surface area contributed by atoms with Gasteiger partial charge < -0.3 is 0 Å². The monoisotopic (exact) mass is 57.1 g/mol. The number of hydrogen-bond donors (Lipinski definition) is 0. The van der Waals surface area contributed by atoms with Crippen LogP contribution in [-0.4, -0.2) is 0 Å². The van der Waals surface area contributed by atoms with E-state index < -0.39 is 0 Å². The predicted molar refractivity (Wildman–Crippen MR) is 20.3 cm³/mol. The molecule has 0 aromatic heterocycles. The Kier molecular flexibility index (Phi) is 1.18. The average Bonchev–Trinajstić information content (AvgIpc) is 0.811. The fraction of sp³-hybridized carbons (Fsp3) is 0.750. The molecule has 0 amide bonds. The first-order chi connectivity index (χ1) is 1.73. The summed E-state index contributed by atoms with van der Waals surface area (Å²) < 4.78 is 0. The van der Waals surface area contributed by atoms with Crippen molar-refractivity contribution in [3.8, 4) is 0 Å². The van der Waals surface area contributed by atoms with E-state index in [0.717, 1.165) is 0 Å². The lowest BCUT2D eigenvalue weighted by Crippen LogP contribution is -1.62. The Bertz CT molecular complexity index is 4.75. The van der Waals surface area contributed by atoms with Crippen molar-refractivity contribution in [1.82, 2.24) is 0 Å². The summed E-state index contributed by atoms with van der Waals surface area (Å²) in [7, 11) is 0. The molecule has 0 aromatic rings. The van der Waals surface area contributed by atoms with E-state index in [0.29, 0.717) is 0 Å². The van der Waals surface area contributed by atoms with Crippen molar-refractivity contribution in [2.24, 2.45) is 0 Å². The Labute approximate surface area is 27.8 Å². The van der Waals surface area contributed by atoms with Crippen LogP contribution < -0.4 is 0 Å². The van der Waals surface area contributed by atoms with E-state index in [1.807, 2.05) is 0 Å². The standard InChI is InChI=1S/C4H9/c1-4(2)3/h1-3H3/q+1. The van der Waals surface area contributed by atoms with Crippen molar-refractivity contribution in [2.45, 2.75) is 20.8 Å². The Morgan fingerprint density at radius 1 is 1.00 bits per heavy atom. The summed E-state index contributed by atoms with van der Waals surface area (Å²) in [5.74, 6) is 1.42. The molecule has 0 rings (SSSR count). The van der Waals surface area contributed by atoms with Gasteiger partial charge in [0.15, 0.2) is 0 Å². The van der Waals surface area contributed by atoms with Crippen LogP contribution in [0.15, 0.2) is 0 Å². The van der Waals surface area contributed by atoms with Gasteiger partial charge in [0, 0.05) is 0 Å². The van der Waals surface area contributed by atoms with Crippen LogP contribution in [0.3, 0.4) is 0 Å². The van der Waals surface area contributed by atoms with E-state index in [9.17, 15) is 0 Å². The second-order valence-corrected chi connectivity index (χ2v) is 1.50. The molecule has 0 radical (unpaired) electrons. The zero-order valence-corrected chi connectivity index (χ0v) is 3.50. The molecule has 0 nitrogen and oxygen atoms in total. The van der Waals surface area contributed by atoms with Crippen LogP contribution in [0.2, 0.25) is 0 Å². The van der Waals surface area contributed by atoms with Crippen molar-refractivity contribution >= 4 is 0 Å². The predicted octanol–water partition coefficient (Wildman–Crippen LogP) is 1.62. The van der Waals surface area contributed by atoms with Crippen molar-refractivity contribution < 1.29 is 0 Å². The third-order valence-corrected chi connectivity index (χ3v) is 0. The molecule has 0 heterocycles. The lowest BCUT2D eigenvalue weighted by molar-refractivity contribution is 1.10. The third-order valence-electron chi connectivity index (χ3n) is 0. The van der Waals surface area contributed by atoms with Crippen LogP contribution in [-0.2, 0) is 0 Å². The fourth-order valence-corrected chi connectivity index (χ4v) is 0. The van der Waals surface area contributed by atoms with Crippen LogP contribution in [0, 0.1) is 5.92 Å². The molecule has 4 heavy (non-hydrogen) atoms. The second kappa shape index (κ2) is 1.22. The Hall–Kier alpha value is -0.130. The van der Waals surface area contributed by atoms with Gasteiger partial charge in [-0.1, -0.05) is 0 Å². The summed E-state index contributed by atoms with van der Waals surface area (Å²) in [5.41, 5.74) is 0. The summed E-state index contributed by atoms with van der Waals surface area (Å²) in [6.45, 7) is 6.25. The smallest absolute Gasteiger partial charge is 0.0790 e. The molecule has 0 fully saturated rings. The minimum atomic E-state index is 1.42. The van der Waals surface area contributed by atoms with Gasteiger partial charge >= 0.3 is 0 Å². The lowest BCUT2D eigenvalue weighted by Gasteiger charge is -1.65. The summed E-state index contributed by atoms with van der Waals surface area (Å²) >= 11 is 0. The first-order valence-corrected chi connectivity index (χ1v) is 1.50. The lowest BCUT2D eigenvalue weighted by atomic mass is 10.3. The van der Waals surface area contributed by atoms with Gasteiger partial charge in [0.05, 0.1) is 26.7 Å². The fourth-order valence-electron chi connectivity index (χ4n) is 0. The molecular weight excluding hydrogens is 48.0 g/mol. The highest BCUT2D eigenvalue weighted by Crippen LogP contribution is 1.85. The molecule has 0 atom stereocenters. The molecule has 0 aliphatic heterocycles. The molecule has 0 aliphatic rings. The molecule has 0 unspecified atom stereocenters. The van der Waals surface area contributed by atoms with Gasteiger partial charge in [0.1, 0.15) is 0 Å². The zero-order chi connectivity index (χ0) is 3.58. The van der Waals surface area contributed by atoms with E-state index in [1.54, 1.807) is 0 Å². The van der Waals surface area contributed by atoms with Gasteiger partial charge in [0.25, 0.3) is 0 Å². The van der Waals surface area contributed by atoms with E-state index in [1.165, 1.54) is 5.92 Å². The van der Waals surface area contributed by atoms with Gasteiger partial charge in [-0.25, -0.2) is 0 Å². The highest BCUT2D eigenvalue weighted by molar-refractivity contribution is 4.64. The molecule has 0 heteroatoms. The maximum atomic E-state index is 2.08. The van der Waals surface area contributed by atoms with Gasteiger partial charge in [0.2, 0.25) is 0 Å². The van der Waals surface area contributed by atoms with Gasteiger partial charge in [-0.05, 0) is 0 Å². The van der Waals surface area contributed by atoms with Crippen LogP contribution in [0.4, 0.5) is 0 Å². The second-order valence-electron chi connectivity index (χ2n) is 1.50. The van der Waals surface area contributed by atoms with E-state index >= 15 is 0 Å². The van der Waals surface area contributed by atoms with Crippen molar-refractivity contribution in [3.05, 3.63) is 5.92 Å². The van der Waals surface area contributed by atoms with E-state index in [-0.39, 0.29) is 0 Å². The summed E-state index contributed by atoms with van der Waals surface area (Å²) in [6.07, 6.45) is 0. The molecule has 0 aromatic carbocycles. The molecule has 0 aliphatic carbocycles. The van der Waals surface area contributed by atoms with E-state index in [4.69, 9.17) is 0 Å². The van der Waals surface area contributed by atoms with Crippen molar-refractivity contribution in [1.29, 1.82) is 0 Å². The first kappa shape index (κ1) is 3.87. The summed E-state index contributed by atoms with van der Waals surface area (Å²) in [4.78, 5) is 0. The summed E-state index contributed by atoms with van der Waals surface area (Å²) in [5, 5.41) is 0. The van der Waals surface area contributed by atoms with Crippen LogP contribution in [0.1, 0.15) is 20.8 Å². The average molecular weight is 57.1 g/mol. The quantitative estimate of drug-likeness (QED) is 0.370. The van der Waals surface area contributed by atoms with Gasteiger partial charge in [-0.3, -0.25) is 0 Å². The molecule has 0 bridgehead atoms. The molecule has 0 spiro atoms. The molecular formula is C4H9+. The molecule has 0 saturated carbocycles. The molecule has 0 saturated heterocycles. The maximum absolute atomic E-state index is 2.08. The minimum absolute atomic E-state index is 1.42. The Balaban J connectivity index is 2.32.